The number of urea groups is 1. The number of halogens is 1. The second kappa shape index (κ2) is 13.3. The van der Waals surface area contributed by atoms with Crippen molar-refractivity contribution in [2.45, 2.75) is 64.3 Å². The summed E-state index contributed by atoms with van der Waals surface area (Å²) >= 11 is 0. The van der Waals surface area contributed by atoms with Gasteiger partial charge in [-0.2, -0.15) is 5.01 Å². The SMILES string of the molecule is CC(C)N(C(=O)NCc1ccc(F)cc1)N1CC(C)(O)N2[C@@H]1CN(Cc1cccc3ccccc13)C(=O)[C@@H]2Cc1ccc([N+](=O)[O-])cc1. The van der Waals surface area contributed by atoms with Gasteiger partial charge in [-0.25, -0.2) is 14.1 Å². The van der Waals surface area contributed by atoms with Crippen LogP contribution in [0.25, 0.3) is 10.8 Å². The van der Waals surface area contributed by atoms with E-state index in [4.69, 9.17) is 0 Å². The highest BCUT2D eigenvalue weighted by molar-refractivity contribution is 5.87. The summed E-state index contributed by atoms with van der Waals surface area (Å²) in [5.41, 5.74) is 0.857. The van der Waals surface area contributed by atoms with Gasteiger partial charge in [0.1, 0.15) is 17.7 Å². The third-order valence-electron chi connectivity index (χ3n) is 9.15. The Morgan fingerprint density at radius 3 is 2.40 bits per heavy atom. The molecule has 0 spiro atoms. The summed E-state index contributed by atoms with van der Waals surface area (Å²) in [5, 5.41) is 31.7. The molecule has 4 aromatic carbocycles. The van der Waals surface area contributed by atoms with Gasteiger partial charge in [-0.1, -0.05) is 66.7 Å². The number of piperazine rings is 1. The molecule has 2 aliphatic heterocycles. The molecule has 250 valence electrons. The van der Waals surface area contributed by atoms with E-state index in [0.29, 0.717) is 12.1 Å². The molecule has 0 aromatic heterocycles. The Morgan fingerprint density at radius 1 is 1.04 bits per heavy atom. The molecule has 0 aliphatic carbocycles. The minimum absolute atomic E-state index is 0.0476. The fraction of sp³-hybridized carbons (Fsp3) is 0.333. The van der Waals surface area contributed by atoms with E-state index < -0.39 is 28.9 Å². The van der Waals surface area contributed by atoms with Gasteiger partial charge in [0.05, 0.1) is 24.1 Å². The topological polar surface area (TPSA) is 123 Å². The number of amides is 3. The Labute approximate surface area is 278 Å². The maximum Gasteiger partial charge on any atom is 0.332 e. The first-order valence-corrected chi connectivity index (χ1v) is 16.0. The molecule has 4 aromatic rings. The molecule has 0 saturated carbocycles. The van der Waals surface area contributed by atoms with Crippen LogP contribution in [-0.4, -0.2) is 78.8 Å². The van der Waals surface area contributed by atoms with Crippen molar-refractivity contribution in [3.05, 3.63) is 124 Å². The zero-order valence-electron chi connectivity index (χ0n) is 27.1. The van der Waals surface area contributed by atoms with Crippen molar-refractivity contribution in [3.8, 4) is 0 Å². The molecule has 3 atom stereocenters. The molecule has 2 N–H and O–H groups in total. The van der Waals surface area contributed by atoms with Crippen LogP contribution in [0.1, 0.15) is 37.5 Å². The van der Waals surface area contributed by atoms with Crippen LogP contribution in [0.3, 0.4) is 0 Å². The third kappa shape index (κ3) is 6.59. The molecule has 48 heavy (non-hydrogen) atoms. The number of hydrogen-bond acceptors (Lipinski definition) is 7. The first kappa shape index (κ1) is 33.0. The normalized spacial score (nSPS) is 21.5. The number of hydrazine groups is 1. The van der Waals surface area contributed by atoms with Crippen LogP contribution in [0.5, 0.6) is 0 Å². The Balaban J connectivity index is 1.34. The number of fused-ring (bicyclic) bond motifs is 2. The van der Waals surface area contributed by atoms with E-state index in [9.17, 15) is 29.2 Å². The number of aliphatic hydroxyl groups is 1. The summed E-state index contributed by atoms with van der Waals surface area (Å²) in [6.07, 6.45) is -0.378. The van der Waals surface area contributed by atoms with Crippen molar-refractivity contribution in [3.63, 3.8) is 0 Å². The van der Waals surface area contributed by atoms with Gasteiger partial charge in [0, 0.05) is 31.3 Å². The van der Waals surface area contributed by atoms with Crippen molar-refractivity contribution >= 4 is 28.4 Å². The van der Waals surface area contributed by atoms with Crippen LogP contribution in [-0.2, 0) is 24.3 Å². The van der Waals surface area contributed by atoms with Gasteiger partial charge in [0.15, 0.2) is 0 Å². The van der Waals surface area contributed by atoms with E-state index in [1.54, 1.807) is 46.0 Å². The highest BCUT2D eigenvalue weighted by atomic mass is 19.1. The molecular weight excluding hydrogens is 615 g/mol. The van der Waals surface area contributed by atoms with E-state index >= 15 is 0 Å². The number of nitro groups is 1. The molecule has 0 radical (unpaired) electrons. The number of non-ortho nitro benzene ring substituents is 1. The summed E-state index contributed by atoms with van der Waals surface area (Å²) in [6.45, 7) is 6.15. The fourth-order valence-electron chi connectivity index (χ4n) is 6.97. The highest BCUT2D eigenvalue weighted by Crippen LogP contribution is 2.38. The molecule has 2 aliphatic rings. The van der Waals surface area contributed by atoms with Gasteiger partial charge in [-0.3, -0.25) is 19.9 Å². The van der Waals surface area contributed by atoms with Crippen molar-refractivity contribution in [2.75, 3.05) is 13.1 Å². The molecular formula is C36H39FN6O5. The van der Waals surface area contributed by atoms with E-state index in [1.165, 1.54) is 24.3 Å². The van der Waals surface area contributed by atoms with Gasteiger partial charge in [-0.15, -0.1) is 0 Å². The number of β-amino-alcohol motifs (C(OH)–C–C–N with tert-alkyl or cyclic N) is 1. The van der Waals surface area contributed by atoms with E-state index in [1.807, 2.05) is 61.3 Å². The summed E-state index contributed by atoms with van der Waals surface area (Å²) in [7, 11) is 0. The Bertz CT molecular complexity index is 1810. The smallest absolute Gasteiger partial charge is 0.332 e. The molecule has 2 fully saturated rings. The number of benzene rings is 4. The lowest BCUT2D eigenvalue weighted by Crippen LogP contribution is -2.68. The Kier molecular flexibility index (Phi) is 9.15. The first-order valence-electron chi connectivity index (χ1n) is 16.0. The predicted octanol–water partition coefficient (Wildman–Crippen LogP) is 5.03. The van der Waals surface area contributed by atoms with Gasteiger partial charge < -0.3 is 15.3 Å². The largest absolute Gasteiger partial charge is 0.374 e. The number of nitrogens with one attached hydrogen (secondary N) is 1. The van der Waals surface area contributed by atoms with Crippen LogP contribution in [0.4, 0.5) is 14.9 Å². The average molecular weight is 655 g/mol. The lowest BCUT2D eigenvalue weighted by Gasteiger charge is -2.48. The lowest BCUT2D eigenvalue weighted by atomic mass is 9.97. The molecule has 2 saturated heterocycles. The minimum atomic E-state index is -1.50. The second-order valence-corrected chi connectivity index (χ2v) is 12.9. The zero-order valence-corrected chi connectivity index (χ0v) is 27.1. The van der Waals surface area contributed by atoms with Crippen molar-refractivity contribution in [2.24, 2.45) is 0 Å². The molecule has 12 heteroatoms. The first-order chi connectivity index (χ1) is 22.9. The lowest BCUT2D eigenvalue weighted by molar-refractivity contribution is -0.384. The quantitative estimate of drug-likeness (QED) is 0.192. The maximum absolute atomic E-state index is 14.4. The van der Waals surface area contributed by atoms with Gasteiger partial charge in [0.2, 0.25) is 5.91 Å². The molecule has 6 rings (SSSR count). The van der Waals surface area contributed by atoms with Crippen LogP contribution in [0.2, 0.25) is 0 Å². The second-order valence-electron chi connectivity index (χ2n) is 12.9. The standard InChI is InChI=1S/C36H39FN6O5/c1-24(2)42(35(45)38-20-26-11-15-29(37)16-12-26)40-23-36(3,46)41-32(19-25-13-17-30(18-14-25)43(47)48)34(44)39(22-33(40)41)21-28-9-6-8-27-7-4-5-10-31(27)28/h4-18,24,32-33,46H,19-23H2,1-3H3,(H,38,45)/t32-,33+,36?/m0/s1. The average Bonchev–Trinajstić information content (AvgIpc) is 3.32. The molecule has 2 heterocycles. The monoisotopic (exact) mass is 654 g/mol. The Morgan fingerprint density at radius 2 is 1.71 bits per heavy atom. The van der Waals surface area contributed by atoms with Crippen molar-refractivity contribution in [1.29, 1.82) is 0 Å². The molecule has 0 bridgehead atoms. The van der Waals surface area contributed by atoms with Gasteiger partial charge in [-0.05, 0) is 66.8 Å². The fourth-order valence-corrected chi connectivity index (χ4v) is 6.97. The minimum Gasteiger partial charge on any atom is -0.374 e. The van der Waals surface area contributed by atoms with Crippen LogP contribution in [0, 0.1) is 15.9 Å². The number of carbonyl (C=O) groups is 2. The van der Waals surface area contributed by atoms with E-state index in [0.717, 1.165) is 21.9 Å². The van der Waals surface area contributed by atoms with Crippen molar-refractivity contribution < 1.29 is 24.0 Å². The van der Waals surface area contributed by atoms with Gasteiger partial charge in [0.25, 0.3) is 5.69 Å². The number of carbonyl (C=O) groups excluding carboxylic acids is 2. The number of nitrogens with zero attached hydrogens (tertiary/aromatic N) is 5. The third-order valence-corrected chi connectivity index (χ3v) is 9.15. The molecule has 3 amide bonds. The number of rotatable bonds is 9. The summed E-state index contributed by atoms with van der Waals surface area (Å²) in [4.78, 5) is 42.6. The van der Waals surface area contributed by atoms with Crippen molar-refractivity contribution in [1.82, 2.24) is 25.1 Å². The van der Waals surface area contributed by atoms with Crippen LogP contribution in [0.15, 0.2) is 91.0 Å². The summed E-state index contributed by atoms with van der Waals surface area (Å²) < 4.78 is 13.5. The van der Waals surface area contributed by atoms with Gasteiger partial charge >= 0.3 is 6.03 Å². The number of nitro benzene ring substituents is 1. The Hall–Kier alpha value is -4.91. The number of hydrogen-bond donors (Lipinski definition) is 2. The van der Waals surface area contributed by atoms with Crippen LogP contribution >= 0.6 is 0 Å². The summed E-state index contributed by atoms with van der Waals surface area (Å²) in [5.74, 6) is -0.548. The van der Waals surface area contributed by atoms with E-state index in [2.05, 4.69) is 5.32 Å². The molecule has 11 nitrogen and oxygen atoms in total. The van der Waals surface area contributed by atoms with Crippen LogP contribution < -0.4 is 5.32 Å². The predicted molar refractivity (Wildman–Crippen MR) is 179 cm³/mol. The van der Waals surface area contributed by atoms with E-state index in [-0.39, 0.29) is 49.5 Å². The summed E-state index contributed by atoms with van der Waals surface area (Å²) in [6, 6.07) is 24.4. The molecule has 1 unspecified atom stereocenters. The zero-order chi connectivity index (χ0) is 34.2. The highest BCUT2D eigenvalue weighted by Gasteiger charge is 2.57. The maximum atomic E-state index is 14.4.